The van der Waals surface area contributed by atoms with Gasteiger partial charge in [-0.15, -0.1) is 0 Å². The lowest BCUT2D eigenvalue weighted by Gasteiger charge is -2.18. The maximum absolute atomic E-state index is 12.5. The average Bonchev–Trinajstić information content (AvgIpc) is 3.04. The number of hydrogen-bond acceptors (Lipinski definition) is 2. The zero-order valence-corrected chi connectivity index (χ0v) is 14.2. The number of nitrogens with zero attached hydrogens (tertiary/aromatic N) is 2. The Morgan fingerprint density at radius 1 is 1.29 bits per heavy atom. The van der Waals surface area contributed by atoms with Crippen LogP contribution in [0.2, 0.25) is 0 Å². The number of nitrogens with one attached hydrogen (secondary N) is 1. The molecular formula is C19H23N3O2. The quantitative estimate of drug-likeness (QED) is 0.796. The van der Waals surface area contributed by atoms with Crippen molar-refractivity contribution in [3.63, 3.8) is 0 Å². The summed E-state index contributed by atoms with van der Waals surface area (Å²) in [6.45, 7) is 6.99. The Balaban J connectivity index is 2.03. The first-order valence-corrected chi connectivity index (χ1v) is 7.93. The number of aromatic nitrogens is 1. The van der Waals surface area contributed by atoms with Gasteiger partial charge in [0.05, 0.1) is 6.42 Å². The summed E-state index contributed by atoms with van der Waals surface area (Å²) >= 11 is 0. The molecule has 2 amide bonds. The number of para-hydroxylation sites is 1. The van der Waals surface area contributed by atoms with Gasteiger partial charge in [-0.1, -0.05) is 24.8 Å². The van der Waals surface area contributed by atoms with Crippen molar-refractivity contribution in [1.29, 1.82) is 0 Å². The van der Waals surface area contributed by atoms with E-state index in [0.29, 0.717) is 12.2 Å². The normalized spacial score (nSPS) is 10.2. The lowest BCUT2D eigenvalue weighted by atomic mass is 10.1. The Bertz CT molecular complexity index is 734. The van der Waals surface area contributed by atoms with E-state index < -0.39 is 0 Å². The van der Waals surface area contributed by atoms with Gasteiger partial charge in [-0.25, -0.2) is 0 Å². The monoisotopic (exact) mass is 325 g/mol. The predicted molar refractivity (Wildman–Crippen MR) is 95.6 cm³/mol. The SMILES string of the molecule is C=CC(=O)Nc1ccccc1CC(=O)N(C)Cc1ccn(CC)c1. The Morgan fingerprint density at radius 2 is 2.04 bits per heavy atom. The summed E-state index contributed by atoms with van der Waals surface area (Å²) < 4.78 is 2.08. The van der Waals surface area contributed by atoms with E-state index in [2.05, 4.69) is 23.4 Å². The Kier molecular flexibility index (Phi) is 5.95. The van der Waals surface area contributed by atoms with Gasteiger partial charge in [-0.2, -0.15) is 0 Å². The molecule has 0 atom stereocenters. The smallest absolute Gasteiger partial charge is 0.247 e. The molecule has 0 unspecified atom stereocenters. The van der Waals surface area contributed by atoms with E-state index in [1.54, 1.807) is 18.0 Å². The fraction of sp³-hybridized carbons (Fsp3) is 0.263. The van der Waals surface area contributed by atoms with E-state index in [1.807, 2.05) is 36.7 Å². The molecule has 1 aromatic heterocycles. The van der Waals surface area contributed by atoms with Crippen molar-refractivity contribution in [2.24, 2.45) is 0 Å². The molecule has 0 radical (unpaired) electrons. The minimum atomic E-state index is -0.288. The van der Waals surface area contributed by atoms with Crippen LogP contribution in [0.3, 0.4) is 0 Å². The molecule has 1 aromatic carbocycles. The Morgan fingerprint density at radius 3 is 2.71 bits per heavy atom. The minimum absolute atomic E-state index is 0.000416. The first-order chi connectivity index (χ1) is 11.5. The number of likely N-dealkylation sites (N-methyl/N-ethyl adjacent to an activating group) is 1. The molecule has 1 heterocycles. The topological polar surface area (TPSA) is 54.3 Å². The third-order valence-electron chi connectivity index (χ3n) is 3.82. The number of rotatable bonds is 7. The van der Waals surface area contributed by atoms with E-state index in [4.69, 9.17) is 0 Å². The molecule has 1 N–H and O–H groups in total. The summed E-state index contributed by atoms with van der Waals surface area (Å²) in [5.74, 6) is -0.288. The van der Waals surface area contributed by atoms with Crippen molar-refractivity contribution in [2.75, 3.05) is 12.4 Å². The molecule has 2 aromatic rings. The van der Waals surface area contributed by atoms with Crippen LogP contribution >= 0.6 is 0 Å². The third-order valence-corrected chi connectivity index (χ3v) is 3.82. The van der Waals surface area contributed by atoms with E-state index in [1.165, 1.54) is 6.08 Å². The van der Waals surface area contributed by atoms with Gasteiger partial charge in [0.2, 0.25) is 11.8 Å². The number of aryl methyl sites for hydroxylation is 1. The number of carbonyl (C=O) groups excluding carboxylic acids is 2. The van der Waals surface area contributed by atoms with Gasteiger partial charge in [-0.05, 0) is 36.3 Å². The fourth-order valence-electron chi connectivity index (χ4n) is 2.42. The zero-order chi connectivity index (χ0) is 17.5. The van der Waals surface area contributed by atoms with Gasteiger partial charge < -0.3 is 14.8 Å². The molecule has 0 aliphatic heterocycles. The van der Waals surface area contributed by atoms with E-state index in [0.717, 1.165) is 17.7 Å². The van der Waals surface area contributed by atoms with Crippen LogP contribution in [-0.2, 0) is 29.1 Å². The molecule has 5 heteroatoms. The van der Waals surface area contributed by atoms with Crippen molar-refractivity contribution < 1.29 is 9.59 Å². The lowest BCUT2D eigenvalue weighted by Crippen LogP contribution is -2.28. The van der Waals surface area contributed by atoms with E-state index >= 15 is 0 Å². The number of benzene rings is 1. The molecule has 24 heavy (non-hydrogen) atoms. The first kappa shape index (κ1) is 17.5. The van der Waals surface area contributed by atoms with Crippen LogP contribution in [-0.4, -0.2) is 28.3 Å². The molecule has 0 aliphatic rings. The Hall–Kier alpha value is -2.82. The summed E-state index contributed by atoms with van der Waals surface area (Å²) in [6.07, 6.45) is 5.50. The van der Waals surface area contributed by atoms with Crippen molar-refractivity contribution in [1.82, 2.24) is 9.47 Å². The van der Waals surface area contributed by atoms with Crippen LogP contribution in [0.1, 0.15) is 18.1 Å². The van der Waals surface area contributed by atoms with Gasteiger partial charge in [0, 0.05) is 38.2 Å². The fourth-order valence-corrected chi connectivity index (χ4v) is 2.42. The first-order valence-electron chi connectivity index (χ1n) is 7.93. The maximum Gasteiger partial charge on any atom is 0.247 e. The van der Waals surface area contributed by atoms with Crippen LogP contribution in [0.5, 0.6) is 0 Å². The average molecular weight is 325 g/mol. The molecule has 0 bridgehead atoms. The van der Waals surface area contributed by atoms with Gasteiger partial charge >= 0.3 is 0 Å². The molecular weight excluding hydrogens is 302 g/mol. The summed E-state index contributed by atoms with van der Waals surface area (Å²) in [6, 6.07) is 9.33. The van der Waals surface area contributed by atoms with Crippen molar-refractivity contribution in [3.05, 3.63) is 66.5 Å². The molecule has 0 saturated heterocycles. The van der Waals surface area contributed by atoms with E-state index in [9.17, 15) is 9.59 Å². The molecule has 0 aliphatic carbocycles. The molecule has 0 fully saturated rings. The molecule has 0 saturated carbocycles. The van der Waals surface area contributed by atoms with Crippen molar-refractivity contribution in [3.8, 4) is 0 Å². The van der Waals surface area contributed by atoms with Crippen LogP contribution in [0.15, 0.2) is 55.4 Å². The third kappa shape index (κ3) is 4.59. The van der Waals surface area contributed by atoms with Crippen LogP contribution in [0.25, 0.3) is 0 Å². The highest BCUT2D eigenvalue weighted by Crippen LogP contribution is 2.17. The van der Waals surface area contributed by atoms with Gasteiger partial charge in [0.1, 0.15) is 0 Å². The summed E-state index contributed by atoms with van der Waals surface area (Å²) in [7, 11) is 1.79. The second kappa shape index (κ2) is 8.15. The minimum Gasteiger partial charge on any atom is -0.354 e. The number of anilines is 1. The molecule has 0 spiro atoms. The molecule has 126 valence electrons. The number of carbonyl (C=O) groups is 2. The van der Waals surface area contributed by atoms with Crippen LogP contribution in [0, 0.1) is 0 Å². The number of amides is 2. The molecule has 2 rings (SSSR count). The van der Waals surface area contributed by atoms with E-state index in [-0.39, 0.29) is 18.2 Å². The lowest BCUT2D eigenvalue weighted by molar-refractivity contribution is -0.129. The highest BCUT2D eigenvalue weighted by atomic mass is 16.2. The van der Waals surface area contributed by atoms with Crippen LogP contribution < -0.4 is 5.32 Å². The number of hydrogen-bond donors (Lipinski definition) is 1. The van der Waals surface area contributed by atoms with Crippen molar-refractivity contribution in [2.45, 2.75) is 26.4 Å². The predicted octanol–water partition coefficient (Wildman–Crippen LogP) is 2.83. The van der Waals surface area contributed by atoms with Gasteiger partial charge in [-0.3, -0.25) is 9.59 Å². The summed E-state index contributed by atoms with van der Waals surface area (Å²) in [5, 5.41) is 2.73. The van der Waals surface area contributed by atoms with Gasteiger partial charge in [0.25, 0.3) is 0 Å². The maximum atomic E-state index is 12.5. The highest BCUT2D eigenvalue weighted by molar-refractivity contribution is 5.99. The molecule has 5 nitrogen and oxygen atoms in total. The second-order valence-electron chi connectivity index (χ2n) is 5.63. The standard InChI is InChI=1S/C19H23N3O2/c1-4-18(23)20-17-9-7-6-8-16(17)12-19(24)21(3)13-15-10-11-22(5-2)14-15/h4,6-11,14H,1,5,12-13H2,2-3H3,(H,20,23). The summed E-state index contributed by atoms with van der Waals surface area (Å²) in [4.78, 5) is 25.7. The second-order valence-corrected chi connectivity index (χ2v) is 5.63. The Labute approximate surface area is 142 Å². The van der Waals surface area contributed by atoms with Crippen molar-refractivity contribution >= 4 is 17.5 Å². The van der Waals surface area contributed by atoms with Gasteiger partial charge in [0.15, 0.2) is 0 Å². The largest absolute Gasteiger partial charge is 0.354 e. The van der Waals surface area contributed by atoms with Crippen LogP contribution in [0.4, 0.5) is 5.69 Å². The zero-order valence-electron chi connectivity index (χ0n) is 14.2. The highest BCUT2D eigenvalue weighted by Gasteiger charge is 2.13. The summed E-state index contributed by atoms with van der Waals surface area (Å²) in [5.41, 5.74) is 2.53.